The number of aromatic nitrogens is 2. The highest BCUT2D eigenvalue weighted by Crippen LogP contribution is 2.40. The van der Waals surface area contributed by atoms with Crippen LogP contribution in [0.4, 0.5) is 0 Å². The lowest BCUT2D eigenvalue weighted by Gasteiger charge is -2.30. The Hall–Kier alpha value is -2.57. The number of nitrogens with zero attached hydrogens (tertiary/aromatic N) is 3. The number of benzene rings is 1. The van der Waals surface area contributed by atoms with E-state index >= 15 is 0 Å². The van der Waals surface area contributed by atoms with E-state index in [1.807, 2.05) is 23.1 Å². The van der Waals surface area contributed by atoms with Crippen LogP contribution < -0.4 is 9.47 Å². The fourth-order valence-corrected chi connectivity index (χ4v) is 3.86. The van der Waals surface area contributed by atoms with E-state index in [0.717, 1.165) is 12.1 Å². The van der Waals surface area contributed by atoms with Gasteiger partial charge in [-0.15, -0.1) is 0 Å². The molecule has 7 nitrogen and oxygen atoms in total. The van der Waals surface area contributed by atoms with Crippen molar-refractivity contribution in [3.63, 3.8) is 0 Å². The molecule has 2 aromatic rings. The van der Waals surface area contributed by atoms with Crippen molar-refractivity contribution in [2.45, 2.75) is 31.6 Å². The van der Waals surface area contributed by atoms with Crippen LogP contribution in [0.5, 0.6) is 11.5 Å². The molecular formula is C19H21N3O4. The van der Waals surface area contributed by atoms with E-state index in [1.165, 1.54) is 19.3 Å². The standard InChI is InChI=1S/C19H21N3O4/c23-16-9-13(11-22(16)10-12-3-1-4-12)18-20-19(26-21-18)14-5-2-6-15-17(14)25-8-7-24-15/h2,5-6,12-13H,1,3-4,7-11H2. The van der Waals surface area contributed by atoms with Gasteiger partial charge in [0.2, 0.25) is 5.91 Å². The predicted octanol–water partition coefficient (Wildman–Crippen LogP) is 2.62. The topological polar surface area (TPSA) is 77.7 Å². The van der Waals surface area contributed by atoms with Gasteiger partial charge in [0, 0.05) is 25.4 Å². The molecule has 2 fully saturated rings. The van der Waals surface area contributed by atoms with Crippen LogP contribution >= 0.6 is 0 Å². The van der Waals surface area contributed by atoms with Gasteiger partial charge in [-0.05, 0) is 30.9 Å². The minimum absolute atomic E-state index is 0.00298. The Bertz CT molecular complexity index is 830. The summed E-state index contributed by atoms with van der Waals surface area (Å²) in [5, 5.41) is 4.14. The molecule has 1 aromatic heterocycles. The monoisotopic (exact) mass is 355 g/mol. The lowest BCUT2D eigenvalue weighted by molar-refractivity contribution is -0.128. The van der Waals surface area contributed by atoms with E-state index in [9.17, 15) is 4.79 Å². The molecule has 5 rings (SSSR count). The molecule has 1 atom stereocenters. The molecule has 1 saturated carbocycles. The highest BCUT2D eigenvalue weighted by atomic mass is 16.6. The molecule has 1 unspecified atom stereocenters. The first-order valence-corrected chi connectivity index (χ1v) is 9.28. The molecule has 136 valence electrons. The van der Waals surface area contributed by atoms with Gasteiger partial charge in [0.15, 0.2) is 17.3 Å². The van der Waals surface area contributed by atoms with Gasteiger partial charge in [0.25, 0.3) is 5.89 Å². The molecular weight excluding hydrogens is 334 g/mol. The molecule has 1 amide bonds. The van der Waals surface area contributed by atoms with E-state index in [1.54, 1.807) is 0 Å². The van der Waals surface area contributed by atoms with Crippen LogP contribution in [0.2, 0.25) is 0 Å². The van der Waals surface area contributed by atoms with Gasteiger partial charge in [-0.3, -0.25) is 4.79 Å². The fraction of sp³-hybridized carbons (Fsp3) is 0.526. The SMILES string of the molecule is O=C1CC(c2noc(-c3cccc4c3OCCO4)n2)CN1CC1CCC1. The highest BCUT2D eigenvalue weighted by Gasteiger charge is 2.36. The average molecular weight is 355 g/mol. The second kappa shape index (κ2) is 6.30. The number of rotatable bonds is 4. The first-order chi connectivity index (χ1) is 12.8. The number of carbonyl (C=O) groups excluding carboxylic acids is 1. The molecule has 26 heavy (non-hydrogen) atoms. The third-order valence-electron chi connectivity index (χ3n) is 5.52. The van der Waals surface area contributed by atoms with Gasteiger partial charge < -0.3 is 18.9 Å². The Morgan fingerprint density at radius 3 is 2.92 bits per heavy atom. The highest BCUT2D eigenvalue weighted by molar-refractivity contribution is 5.79. The summed E-state index contributed by atoms with van der Waals surface area (Å²) in [7, 11) is 0. The minimum Gasteiger partial charge on any atom is -0.486 e. The summed E-state index contributed by atoms with van der Waals surface area (Å²) >= 11 is 0. The number of carbonyl (C=O) groups is 1. The van der Waals surface area contributed by atoms with Crippen LogP contribution in [0.1, 0.15) is 37.4 Å². The molecule has 0 spiro atoms. The van der Waals surface area contributed by atoms with Gasteiger partial charge in [0.1, 0.15) is 13.2 Å². The van der Waals surface area contributed by atoms with Crippen molar-refractivity contribution in [1.29, 1.82) is 0 Å². The van der Waals surface area contributed by atoms with Crippen LogP contribution in [0, 0.1) is 5.92 Å². The maximum absolute atomic E-state index is 12.3. The van der Waals surface area contributed by atoms with E-state index in [0.29, 0.717) is 55.3 Å². The Morgan fingerprint density at radius 2 is 2.08 bits per heavy atom. The van der Waals surface area contributed by atoms with E-state index < -0.39 is 0 Å². The molecule has 0 radical (unpaired) electrons. The Balaban J connectivity index is 1.35. The minimum atomic E-state index is -0.00298. The molecule has 3 heterocycles. The first-order valence-electron chi connectivity index (χ1n) is 9.28. The van der Waals surface area contributed by atoms with Crippen molar-refractivity contribution in [3.8, 4) is 23.0 Å². The zero-order valence-corrected chi connectivity index (χ0v) is 14.5. The number of amides is 1. The first kappa shape index (κ1) is 15.7. The molecule has 0 N–H and O–H groups in total. The summed E-state index contributed by atoms with van der Waals surface area (Å²) in [5.41, 5.74) is 0.733. The summed E-state index contributed by atoms with van der Waals surface area (Å²) < 4.78 is 16.8. The number of likely N-dealkylation sites (tertiary alicyclic amines) is 1. The van der Waals surface area contributed by atoms with E-state index in [-0.39, 0.29) is 11.8 Å². The number of para-hydroxylation sites is 1. The van der Waals surface area contributed by atoms with Crippen LogP contribution in [-0.2, 0) is 4.79 Å². The van der Waals surface area contributed by atoms with Gasteiger partial charge in [0.05, 0.1) is 5.56 Å². The zero-order chi connectivity index (χ0) is 17.5. The normalized spacial score (nSPS) is 22.5. The third-order valence-corrected chi connectivity index (χ3v) is 5.52. The maximum atomic E-state index is 12.3. The van der Waals surface area contributed by atoms with Crippen molar-refractivity contribution in [1.82, 2.24) is 15.0 Å². The number of ether oxygens (including phenoxy) is 2. The second-order valence-corrected chi connectivity index (χ2v) is 7.28. The van der Waals surface area contributed by atoms with Crippen molar-refractivity contribution < 1.29 is 18.8 Å². The summed E-state index contributed by atoms with van der Waals surface area (Å²) in [6, 6.07) is 5.63. The average Bonchev–Trinajstić information content (AvgIpc) is 3.25. The van der Waals surface area contributed by atoms with Gasteiger partial charge in [-0.25, -0.2) is 0 Å². The Labute approximate surface area is 151 Å². The molecule has 1 aromatic carbocycles. The third kappa shape index (κ3) is 2.71. The summed E-state index contributed by atoms with van der Waals surface area (Å²) in [5.74, 6) is 3.20. The van der Waals surface area contributed by atoms with Gasteiger partial charge in [-0.1, -0.05) is 17.6 Å². The summed E-state index contributed by atoms with van der Waals surface area (Å²) in [6.07, 6.45) is 4.22. The van der Waals surface area contributed by atoms with Crippen molar-refractivity contribution in [2.24, 2.45) is 5.92 Å². The molecule has 1 aliphatic carbocycles. The van der Waals surface area contributed by atoms with Crippen LogP contribution in [0.3, 0.4) is 0 Å². The molecule has 3 aliphatic rings. The molecule has 7 heteroatoms. The second-order valence-electron chi connectivity index (χ2n) is 7.28. The number of fused-ring (bicyclic) bond motifs is 1. The van der Waals surface area contributed by atoms with Gasteiger partial charge >= 0.3 is 0 Å². The quantitative estimate of drug-likeness (QED) is 0.839. The van der Waals surface area contributed by atoms with E-state index in [4.69, 9.17) is 14.0 Å². The van der Waals surface area contributed by atoms with Crippen LogP contribution in [0.15, 0.2) is 22.7 Å². The summed E-state index contributed by atoms with van der Waals surface area (Å²) in [4.78, 5) is 18.8. The number of hydrogen-bond donors (Lipinski definition) is 0. The van der Waals surface area contributed by atoms with Crippen molar-refractivity contribution in [3.05, 3.63) is 24.0 Å². The lowest BCUT2D eigenvalue weighted by atomic mass is 9.85. The van der Waals surface area contributed by atoms with Crippen LogP contribution in [0.25, 0.3) is 11.5 Å². The Morgan fingerprint density at radius 1 is 1.19 bits per heavy atom. The van der Waals surface area contributed by atoms with Gasteiger partial charge in [-0.2, -0.15) is 4.98 Å². The summed E-state index contributed by atoms with van der Waals surface area (Å²) in [6.45, 7) is 2.59. The molecule has 2 aliphatic heterocycles. The maximum Gasteiger partial charge on any atom is 0.261 e. The Kier molecular flexibility index (Phi) is 3.80. The number of hydrogen-bond acceptors (Lipinski definition) is 6. The molecule has 0 bridgehead atoms. The molecule has 1 saturated heterocycles. The fourth-order valence-electron chi connectivity index (χ4n) is 3.86. The largest absolute Gasteiger partial charge is 0.486 e. The predicted molar refractivity (Wildman–Crippen MR) is 92.0 cm³/mol. The van der Waals surface area contributed by atoms with Crippen molar-refractivity contribution >= 4 is 5.91 Å². The lowest BCUT2D eigenvalue weighted by Crippen LogP contribution is -2.33. The van der Waals surface area contributed by atoms with E-state index in [2.05, 4.69) is 10.1 Å². The van der Waals surface area contributed by atoms with Crippen molar-refractivity contribution in [2.75, 3.05) is 26.3 Å². The van der Waals surface area contributed by atoms with Crippen LogP contribution in [-0.4, -0.2) is 47.3 Å². The smallest absolute Gasteiger partial charge is 0.261 e. The zero-order valence-electron chi connectivity index (χ0n) is 14.5.